The zero-order valence-corrected chi connectivity index (χ0v) is 15.2. The van der Waals surface area contributed by atoms with Crippen LogP contribution in [-0.2, 0) is 4.79 Å². The highest BCUT2D eigenvalue weighted by Crippen LogP contribution is 2.53. The Kier molecular flexibility index (Phi) is 3.90. The molecule has 0 N–H and O–H groups in total. The summed E-state index contributed by atoms with van der Waals surface area (Å²) in [7, 11) is 0. The number of halogens is 1. The summed E-state index contributed by atoms with van der Waals surface area (Å²) in [4.78, 5) is 25.4. The third-order valence-corrected chi connectivity index (χ3v) is 7.38. The number of amides is 1. The Hall–Kier alpha value is -1.72. The molecule has 3 unspecified atom stereocenters. The molecule has 2 saturated heterocycles. The summed E-state index contributed by atoms with van der Waals surface area (Å²) < 4.78 is 13.5. The lowest BCUT2D eigenvalue weighted by molar-refractivity contribution is -0.140. The molecule has 4 aliphatic rings. The number of anilines is 1. The Morgan fingerprint density at radius 3 is 2.46 bits per heavy atom. The van der Waals surface area contributed by atoms with Crippen molar-refractivity contribution in [3.63, 3.8) is 0 Å². The second-order valence-corrected chi connectivity index (χ2v) is 8.88. The minimum absolute atomic E-state index is 0.228. The molecule has 26 heavy (non-hydrogen) atoms. The number of hydrogen-bond acceptors (Lipinski definition) is 4. The van der Waals surface area contributed by atoms with E-state index in [1.807, 2.05) is 0 Å². The number of likely N-dealkylation sites (tertiary alicyclic amines) is 1. The first-order valence-corrected chi connectivity index (χ1v) is 10.2. The summed E-state index contributed by atoms with van der Waals surface area (Å²) in [5, 5.41) is 0. The Morgan fingerprint density at radius 1 is 1.08 bits per heavy atom. The zero-order chi connectivity index (χ0) is 17.7. The van der Waals surface area contributed by atoms with Gasteiger partial charge in [-0.1, -0.05) is 12.8 Å². The number of hydrogen-bond donors (Lipinski definition) is 0. The molecule has 1 aromatic heterocycles. The number of rotatable bonds is 2. The van der Waals surface area contributed by atoms with Crippen LogP contribution in [0, 0.1) is 17.3 Å². The first kappa shape index (κ1) is 16.5. The minimum Gasteiger partial charge on any atom is -0.347 e. The molecule has 2 aliphatic carbocycles. The highest BCUT2D eigenvalue weighted by atomic mass is 19.1. The molecular weight excluding hydrogens is 331 g/mol. The van der Waals surface area contributed by atoms with Gasteiger partial charge in [-0.05, 0) is 50.4 Å². The molecular formula is C20H27FN4O. The Bertz CT molecular complexity index is 693. The van der Waals surface area contributed by atoms with E-state index in [-0.39, 0.29) is 18.0 Å². The predicted octanol–water partition coefficient (Wildman–Crippen LogP) is 3.16. The molecule has 5 nitrogen and oxygen atoms in total. The lowest BCUT2D eigenvalue weighted by Crippen LogP contribution is -2.57. The van der Waals surface area contributed by atoms with Gasteiger partial charge in [-0.25, -0.2) is 9.97 Å². The molecule has 5 rings (SSSR count). The SMILES string of the molecule is O=C(C1CCCC2(CCC2)C1)N1CC2CCC(C1)N2c1cc(F)ncn1. The number of piperazine rings is 1. The van der Waals surface area contributed by atoms with Gasteiger partial charge in [0.2, 0.25) is 11.9 Å². The van der Waals surface area contributed by atoms with Gasteiger partial charge in [0.1, 0.15) is 12.1 Å². The number of carbonyl (C=O) groups is 1. The van der Waals surface area contributed by atoms with Crippen LogP contribution in [0.3, 0.4) is 0 Å². The van der Waals surface area contributed by atoms with Gasteiger partial charge < -0.3 is 9.80 Å². The van der Waals surface area contributed by atoms with E-state index in [0.29, 0.717) is 17.1 Å². The first-order valence-electron chi connectivity index (χ1n) is 10.2. The average Bonchev–Trinajstić information content (AvgIpc) is 2.89. The maximum atomic E-state index is 13.5. The van der Waals surface area contributed by atoms with Crippen LogP contribution in [0.25, 0.3) is 0 Å². The normalized spacial score (nSPS) is 32.6. The maximum absolute atomic E-state index is 13.5. The van der Waals surface area contributed by atoms with Crippen molar-refractivity contribution in [2.45, 2.75) is 69.9 Å². The van der Waals surface area contributed by atoms with Crippen LogP contribution < -0.4 is 4.90 Å². The van der Waals surface area contributed by atoms with Crippen molar-refractivity contribution >= 4 is 11.7 Å². The van der Waals surface area contributed by atoms with E-state index in [0.717, 1.165) is 38.8 Å². The van der Waals surface area contributed by atoms with E-state index in [1.165, 1.54) is 44.5 Å². The van der Waals surface area contributed by atoms with Crippen molar-refractivity contribution in [2.24, 2.45) is 11.3 Å². The first-order chi connectivity index (χ1) is 12.6. The molecule has 0 radical (unpaired) electrons. The van der Waals surface area contributed by atoms with Crippen molar-refractivity contribution in [2.75, 3.05) is 18.0 Å². The van der Waals surface area contributed by atoms with Crippen LogP contribution in [0.4, 0.5) is 10.2 Å². The summed E-state index contributed by atoms with van der Waals surface area (Å²) in [5.74, 6) is 0.789. The highest BCUT2D eigenvalue weighted by Gasteiger charge is 2.46. The Balaban J connectivity index is 1.29. The van der Waals surface area contributed by atoms with Gasteiger partial charge in [0, 0.05) is 37.2 Å². The lowest BCUT2D eigenvalue weighted by Gasteiger charge is -2.49. The summed E-state index contributed by atoms with van der Waals surface area (Å²) >= 11 is 0. The van der Waals surface area contributed by atoms with Gasteiger partial charge in [0.25, 0.3) is 0 Å². The third kappa shape index (κ3) is 2.69. The van der Waals surface area contributed by atoms with Crippen LogP contribution in [0.5, 0.6) is 0 Å². The van der Waals surface area contributed by atoms with E-state index >= 15 is 0 Å². The predicted molar refractivity (Wildman–Crippen MR) is 96.1 cm³/mol. The molecule has 1 aromatic rings. The van der Waals surface area contributed by atoms with Gasteiger partial charge in [0.15, 0.2) is 0 Å². The van der Waals surface area contributed by atoms with Gasteiger partial charge in [-0.3, -0.25) is 4.79 Å². The maximum Gasteiger partial charge on any atom is 0.225 e. The van der Waals surface area contributed by atoms with Crippen LogP contribution in [0.2, 0.25) is 0 Å². The van der Waals surface area contributed by atoms with Gasteiger partial charge in [-0.2, -0.15) is 4.39 Å². The molecule has 140 valence electrons. The Labute approximate surface area is 154 Å². The molecule has 1 spiro atoms. The van der Waals surface area contributed by atoms with Gasteiger partial charge in [0.05, 0.1) is 0 Å². The van der Waals surface area contributed by atoms with E-state index < -0.39 is 5.95 Å². The molecule has 1 amide bonds. The van der Waals surface area contributed by atoms with Crippen LogP contribution in [0.1, 0.15) is 57.8 Å². The fourth-order valence-corrected chi connectivity index (χ4v) is 5.97. The topological polar surface area (TPSA) is 49.3 Å². The molecule has 2 bridgehead atoms. The van der Waals surface area contributed by atoms with Crippen LogP contribution >= 0.6 is 0 Å². The van der Waals surface area contributed by atoms with Gasteiger partial charge >= 0.3 is 0 Å². The molecule has 0 aromatic carbocycles. The summed E-state index contributed by atoms with van der Waals surface area (Å²) in [6, 6.07) is 1.94. The third-order valence-electron chi connectivity index (χ3n) is 7.38. The fourth-order valence-electron chi connectivity index (χ4n) is 5.97. The van der Waals surface area contributed by atoms with E-state index in [2.05, 4.69) is 19.8 Å². The van der Waals surface area contributed by atoms with E-state index in [4.69, 9.17) is 0 Å². The van der Waals surface area contributed by atoms with Crippen molar-refractivity contribution in [3.8, 4) is 0 Å². The summed E-state index contributed by atoms with van der Waals surface area (Å²) in [6.45, 7) is 1.51. The monoisotopic (exact) mass is 358 g/mol. The van der Waals surface area contributed by atoms with E-state index in [9.17, 15) is 9.18 Å². The highest BCUT2D eigenvalue weighted by molar-refractivity contribution is 5.79. The molecule has 3 heterocycles. The quantitative estimate of drug-likeness (QED) is 0.762. The smallest absolute Gasteiger partial charge is 0.225 e. The Morgan fingerprint density at radius 2 is 1.81 bits per heavy atom. The van der Waals surface area contributed by atoms with E-state index in [1.54, 1.807) is 0 Å². The van der Waals surface area contributed by atoms with Crippen molar-refractivity contribution in [1.82, 2.24) is 14.9 Å². The second kappa shape index (κ2) is 6.17. The van der Waals surface area contributed by atoms with Crippen LogP contribution in [0.15, 0.2) is 12.4 Å². The number of nitrogens with zero attached hydrogens (tertiary/aromatic N) is 4. The lowest BCUT2D eigenvalue weighted by atomic mass is 9.58. The molecule has 2 aliphatic heterocycles. The van der Waals surface area contributed by atoms with Crippen molar-refractivity contribution in [3.05, 3.63) is 18.3 Å². The standard InChI is InChI=1S/C20H27FN4O/c21-17-9-18(23-13-22-17)25-15-4-5-16(25)12-24(11-15)19(26)14-3-1-6-20(10-14)7-2-8-20/h9,13-16H,1-8,10-12H2. The minimum atomic E-state index is -0.485. The van der Waals surface area contributed by atoms with Crippen molar-refractivity contribution in [1.29, 1.82) is 0 Å². The molecule has 4 fully saturated rings. The fraction of sp³-hybridized carbons (Fsp3) is 0.750. The number of fused-ring (bicyclic) bond motifs is 2. The molecule has 2 saturated carbocycles. The zero-order valence-electron chi connectivity index (χ0n) is 15.2. The molecule has 6 heteroatoms. The average molecular weight is 358 g/mol. The van der Waals surface area contributed by atoms with Crippen molar-refractivity contribution < 1.29 is 9.18 Å². The van der Waals surface area contributed by atoms with Crippen LogP contribution in [-0.4, -0.2) is 45.9 Å². The second-order valence-electron chi connectivity index (χ2n) is 8.88. The largest absolute Gasteiger partial charge is 0.347 e. The number of carbonyl (C=O) groups excluding carboxylic acids is 1. The summed E-state index contributed by atoms with van der Waals surface area (Å²) in [6.07, 6.45) is 12.1. The van der Waals surface area contributed by atoms with Gasteiger partial charge in [-0.15, -0.1) is 0 Å². The number of aromatic nitrogens is 2. The summed E-state index contributed by atoms with van der Waals surface area (Å²) in [5.41, 5.74) is 0.498. The molecule has 3 atom stereocenters.